The minimum atomic E-state index is -4.50. The predicted molar refractivity (Wildman–Crippen MR) is 116 cm³/mol. The molecule has 2 aromatic carbocycles. The highest BCUT2D eigenvalue weighted by Crippen LogP contribution is 2.31. The third-order valence-electron chi connectivity index (χ3n) is 4.96. The largest absolute Gasteiger partial charge is 0.497 e. The number of methoxy groups -OCH3 is 1. The van der Waals surface area contributed by atoms with Gasteiger partial charge < -0.3 is 15.4 Å². The van der Waals surface area contributed by atoms with Crippen LogP contribution in [0.25, 0.3) is 11.4 Å². The molecule has 0 fully saturated rings. The van der Waals surface area contributed by atoms with Crippen molar-refractivity contribution >= 4 is 6.03 Å². The molecule has 0 aliphatic rings. The smallest absolute Gasteiger partial charge is 0.416 e. The van der Waals surface area contributed by atoms with E-state index < -0.39 is 23.5 Å². The van der Waals surface area contributed by atoms with Crippen molar-refractivity contribution in [1.29, 1.82) is 0 Å². The number of carbonyl (C=O) groups excluding carboxylic acids is 1. The Labute approximate surface area is 188 Å². The molecule has 3 rings (SSSR count). The lowest BCUT2D eigenvalue weighted by molar-refractivity contribution is -0.137. The molecule has 0 aliphatic heterocycles. The van der Waals surface area contributed by atoms with Crippen LogP contribution < -0.4 is 21.1 Å². The number of urea groups is 1. The average Bonchev–Trinajstić information content (AvgIpc) is 3.08. The molecule has 0 atom stereocenters. The molecule has 2 N–H and O–H groups in total. The summed E-state index contributed by atoms with van der Waals surface area (Å²) in [6.45, 7) is 0.603. The minimum Gasteiger partial charge on any atom is -0.497 e. The second-order valence-corrected chi connectivity index (χ2v) is 7.25. The van der Waals surface area contributed by atoms with Gasteiger partial charge >= 0.3 is 17.9 Å². The van der Waals surface area contributed by atoms with Crippen molar-refractivity contribution in [2.24, 2.45) is 7.05 Å². The maximum absolute atomic E-state index is 13.0. The summed E-state index contributed by atoms with van der Waals surface area (Å²) in [6, 6.07) is 11.7. The summed E-state index contributed by atoms with van der Waals surface area (Å²) in [5, 5.41) is 9.49. The fraction of sp³-hybridized carbons (Fsp3) is 0.318. The molecule has 1 aromatic heterocycles. The lowest BCUT2D eigenvalue weighted by Crippen LogP contribution is -2.39. The zero-order valence-electron chi connectivity index (χ0n) is 18.1. The Morgan fingerprint density at radius 3 is 2.45 bits per heavy atom. The topological polar surface area (TPSA) is 90.2 Å². The lowest BCUT2D eigenvalue weighted by Gasteiger charge is -2.08. The lowest BCUT2D eigenvalue weighted by atomic mass is 10.1. The van der Waals surface area contributed by atoms with Gasteiger partial charge in [0.1, 0.15) is 5.75 Å². The first-order valence-corrected chi connectivity index (χ1v) is 10.1. The minimum absolute atomic E-state index is 0.0670. The summed E-state index contributed by atoms with van der Waals surface area (Å²) in [6.07, 6.45) is -3.86. The molecule has 0 bridgehead atoms. The van der Waals surface area contributed by atoms with Crippen molar-refractivity contribution in [2.45, 2.75) is 19.1 Å². The van der Waals surface area contributed by atoms with Gasteiger partial charge in [-0.15, -0.1) is 5.10 Å². The third-order valence-corrected chi connectivity index (χ3v) is 4.96. The van der Waals surface area contributed by atoms with Crippen LogP contribution in [0, 0.1) is 0 Å². The highest BCUT2D eigenvalue weighted by molar-refractivity contribution is 5.73. The number of hydrogen-bond acceptors (Lipinski definition) is 4. The molecule has 8 nitrogen and oxygen atoms in total. The number of aromatic nitrogens is 3. The van der Waals surface area contributed by atoms with E-state index in [1.807, 2.05) is 24.3 Å². The fourth-order valence-electron chi connectivity index (χ4n) is 3.17. The molecule has 176 valence electrons. The monoisotopic (exact) mass is 463 g/mol. The molecule has 0 unspecified atom stereocenters. The van der Waals surface area contributed by atoms with Crippen molar-refractivity contribution in [3.8, 4) is 17.1 Å². The molecular weight excluding hydrogens is 439 g/mol. The fourth-order valence-corrected chi connectivity index (χ4v) is 3.17. The van der Waals surface area contributed by atoms with Crippen LogP contribution in [0.2, 0.25) is 0 Å². The van der Waals surface area contributed by atoms with Gasteiger partial charge in [-0.2, -0.15) is 13.2 Å². The SMILES string of the molecule is COc1ccc(CCNC(=O)NCCn2nc(-c3cccc(C(F)(F)F)c3)n(C)c2=O)cc1. The van der Waals surface area contributed by atoms with Crippen LogP contribution in [0.1, 0.15) is 11.1 Å². The number of nitrogens with one attached hydrogen (secondary N) is 2. The van der Waals surface area contributed by atoms with Crippen LogP contribution in [0.3, 0.4) is 0 Å². The first-order chi connectivity index (χ1) is 15.7. The zero-order chi connectivity index (χ0) is 24.0. The van der Waals surface area contributed by atoms with Crippen LogP contribution >= 0.6 is 0 Å². The Kier molecular flexibility index (Phi) is 7.41. The van der Waals surface area contributed by atoms with E-state index in [2.05, 4.69) is 15.7 Å². The first-order valence-electron chi connectivity index (χ1n) is 10.1. The van der Waals surface area contributed by atoms with Gasteiger partial charge in [-0.25, -0.2) is 14.3 Å². The van der Waals surface area contributed by atoms with Crippen molar-refractivity contribution in [2.75, 3.05) is 20.2 Å². The molecule has 0 radical (unpaired) electrons. The number of amides is 2. The Bertz CT molecular complexity index is 1150. The van der Waals surface area contributed by atoms with E-state index in [0.29, 0.717) is 13.0 Å². The number of halogens is 3. The quantitative estimate of drug-likeness (QED) is 0.538. The van der Waals surface area contributed by atoms with Crippen LogP contribution in [-0.2, 0) is 26.2 Å². The highest BCUT2D eigenvalue weighted by atomic mass is 19.4. The maximum Gasteiger partial charge on any atom is 0.416 e. The average molecular weight is 463 g/mol. The Morgan fingerprint density at radius 2 is 1.79 bits per heavy atom. The van der Waals surface area contributed by atoms with Gasteiger partial charge in [0, 0.05) is 25.7 Å². The molecule has 11 heteroatoms. The number of rotatable bonds is 8. The number of ether oxygens (including phenoxy) is 1. The van der Waals surface area contributed by atoms with E-state index in [1.165, 1.54) is 23.7 Å². The summed E-state index contributed by atoms with van der Waals surface area (Å²) in [4.78, 5) is 24.4. The Hall–Kier alpha value is -3.76. The van der Waals surface area contributed by atoms with Crippen LogP contribution in [0.4, 0.5) is 18.0 Å². The number of benzene rings is 2. The number of alkyl halides is 3. The number of nitrogens with zero attached hydrogens (tertiary/aromatic N) is 3. The van der Waals surface area contributed by atoms with E-state index in [0.717, 1.165) is 28.1 Å². The van der Waals surface area contributed by atoms with Crippen molar-refractivity contribution in [1.82, 2.24) is 25.0 Å². The van der Waals surface area contributed by atoms with Crippen molar-refractivity contribution in [3.63, 3.8) is 0 Å². The van der Waals surface area contributed by atoms with Gasteiger partial charge in [-0.1, -0.05) is 24.3 Å². The van der Waals surface area contributed by atoms with Crippen LogP contribution in [0.15, 0.2) is 53.3 Å². The summed E-state index contributed by atoms with van der Waals surface area (Å²) < 4.78 is 46.3. The van der Waals surface area contributed by atoms with Gasteiger partial charge in [0.2, 0.25) is 0 Å². The van der Waals surface area contributed by atoms with Crippen molar-refractivity contribution < 1.29 is 22.7 Å². The molecule has 0 saturated heterocycles. The van der Waals surface area contributed by atoms with Crippen LogP contribution in [-0.4, -0.2) is 40.6 Å². The van der Waals surface area contributed by atoms with Gasteiger partial charge in [0.25, 0.3) is 0 Å². The van der Waals surface area contributed by atoms with Gasteiger partial charge in [-0.3, -0.25) is 4.57 Å². The summed E-state index contributed by atoms with van der Waals surface area (Å²) in [7, 11) is 3.02. The van der Waals surface area contributed by atoms with Gasteiger partial charge in [-0.05, 0) is 36.2 Å². The van der Waals surface area contributed by atoms with E-state index in [1.54, 1.807) is 7.11 Å². The molecule has 3 aromatic rings. The van der Waals surface area contributed by atoms with Gasteiger partial charge in [0.15, 0.2) is 5.82 Å². The van der Waals surface area contributed by atoms with E-state index in [9.17, 15) is 22.8 Å². The molecule has 0 spiro atoms. The standard InChI is InChI=1S/C22H24F3N5O3/c1-29-19(16-4-3-5-17(14-16)22(23,24)25)28-30(21(29)32)13-12-27-20(31)26-11-10-15-6-8-18(33-2)9-7-15/h3-9,14H,10-13H2,1-2H3,(H2,26,27,31). The molecule has 33 heavy (non-hydrogen) atoms. The van der Waals surface area contributed by atoms with Crippen molar-refractivity contribution in [3.05, 3.63) is 70.1 Å². The highest BCUT2D eigenvalue weighted by Gasteiger charge is 2.30. The molecule has 0 saturated carbocycles. The maximum atomic E-state index is 13.0. The van der Waals surface area contributed by atoms with Gasteiger partial charge in [0.05, 0.1) is 19.2 Å². The van der Waals surface area contributed by atoms with E-state index in [-0.39, 0.29) is 24.5 Å². The zero-order valence-corrected chi connectivity index (χ0v) is 18.1. The normalized spacial score (nSPS) is 11.3. The van der Waals surface area contributed by atoms with E-state index >= 15 is 0 Å². The molecular formula is C22H24F3N5O3. The second kappa shape index (κ2) is 10.2. The molecule has 0 aliphatic carbocycles. The summed E-state index contributed by atoms with van der Waals surface area (Å²) in [5.74, 6) is 0.862. The number of carbonyl (C=O) groups is 1. The molecule has 2 amide bonds. The van der Waals surface area contributed by atoms with Crippen LogP contribution in [0.5, 0.6) is 5.75 Å². The number of hydrogen-bond donors (Lipinski definition) is 2. The summed E-state index contributed by atoms with van der Waals surface area (Å²) >= 11 is 0. The first kappa shape index (κ1) is 23.9. The Balaban J connectivity index is 1.52. The third kappa shape index (κ3) is 6.15. The summed E-state index contributed by atoms with van der Waals surface area (Å²) in [5.41, 5.74) is -0.107. The Morgan fingerprint density at radius 1 is 1.09 bits per heavy atom. The van der Waals surface area contributed by atoms with E-state index in [4.69, 9.17) is 4.74 Å². The predicted octanol–water partition coefficient (Wildman–Crippen LogP) is 2.82. The molecule has 1 heterocycles. The second-order valence-electron chi connectivity index (χ2n) is 7.25.